The third-order valence-electron chi connectivity index (χ3n) is 2.85. The highest BCUT2D eigenvalue weighted by molar-refractivity contribution is 6.40. The Bertz CT molecular complexity index is 629. The van der Waals surface area contributed by atoms with Gasteiger partial charge in [-0.3, -0.25) is 9.48 Å². The van der Waals surface area contributed by atoms with Gasteiger partial charge in [-0.05, 0) is 19.1 Å². The van der Waals surface area contributed by atoms with Crippen LogP contribution in [-0.4, -0.2) is 15.6 Å². The maximum atomic E-state index is 12.3. The molecular weight excluding hydrogens is 307 g/mol. The van der Waals surface area contributed by atoms with Crippen LogP contribution in [0.2, 0.25) is 15.2 Å². The van der Waals surface area contributed by atoms with E-state index in [1.54, 1.807) is 25.2 Å². The second-order valence-electron chi connectivity index (χ2n) is 4.17. The Balaban J connectivity index is 2.36. The van der Waals surface area contributed by atoms with Crippen LogP contribution < -0.4 is 0 Å². The number of benzene rings is 1. The highest BCUT2D eigenvalue weighted by Gasteiger charge is 2.19. The summed E-state index contributed by atoms with van der Waals surface area (Å²) in [7, 11) is 1.73. The number of nitrogens with zero attached hydrogens (tertiary/aromatic N) is 2. The average Bonchev–Trinajstić information content (AvgIpc) is 2.56. The molecule has 0 saturated carbocycles. The van der Waals surface area contributed by atoms with Crippen molar-refractivity contribution in [3.05, 3.63) is 50.2 Å². The molecule has 0 radical (unpaired) electrons. The first kappa shape index (κ1) is 14.4. The van der Waals surface area contributed by atoms with Crippen LogP contribution in [0.4, 0.5) is 0 Å². The molecule has 0 unspecified atom stereocenters. The molecule has 0 amide bonds. The SMILES string of the molecule is Cc1nn(C)c(Cl)c1CC(=O)c1c(Cl)cccc1Cl. The van der Waals surface area contributed by atoms with Gasteiger partial charge in [0.2, 0.25) is 0 Å². The van der Waals surface area contributed by atoms with Crippen molar-refractivity contribution in [3.8, 4) is 0 Å². The van der Waals surface area contributed by atoms with E-state index >= 15 is 0 Å². The van der Waals surface area contributed by atoms with Gasteiger partial charge in [0.25, 0.3) is 0 Å². The summed E-state index contributed by atoms with van der Waals surface area (Å²) in [4.78, 5) is 12.3. The van der Waals surface area contributed by atoms with Gasteiger partial charge in [0.1, 0.15) is 5.15 Å². The van der Waals surface area contributed by atoms with Crippen LogP contribution in [0.1, 0.15) is 21.6 Å². The van der Waals surface area contributed by atoms with E-state index in [0.717, 1.165) is 5.69 Å². The topological polar surface area (TPSA) is 34.9 Å². The van der Waals surface area contributed by atoms with E-state index in [9.17, 15) is 4.79 Å². The molecule has 1 aromatic carbocycles. The molecule has 1 aromatic heterocycles. The fourth-order valence-electron chi connectivity index (χ4n) is 1.89. The number of rotatable bonds is 3. The summed E-state index contributed by atoms with van der Waals surface area (Å²) in [5.41, 5.74) is 1.75. The number of hydrogen-bond donors (Lipinski definition) is 0. The van der Waals surface area contributed by atoms with E-state index in [2.05, 4.69) is 5.10 Å². The molecule has 0 aliphatic heterocycles. The third-order valence-corrected chi connectivity index (χ3v) is 3.95. The van der Waals surface area contributed by atoms with Crippen LogP contribution in [0.3, 0.4) is 0 Å². The van der Waals surface area contributed by atoms with E-state index in [1.165, 1.54) is 4.68 Å². The molecule has 0 N–H and O–H groups in total. The van der Waals surface area contributed by atoms with Crippen LogP contribution in [0.15, 0.2) is 18.2 Å². The molecule has 0 bridgehead atoms. The maximum absolute atomic E-state index is 12.3. The van der Waals surface area contributed by atoms with E-state index in [1.807, 2.05) is 6.92 Å². The summed E-state index contributed by atoms with van der Waals surface area (Å²) < 4.78 is 1.54. The third kappa shape index (κ3) is 2.78. The Morgan fingerprint density at radius 2 is 1.84 bits per heavy atom. The highest BCUT2D eigenvalue weighted by atomic mass is 35.5. The normalized spacial score (nSPS) is 10.8. The van der Waals surface area contributed by atoms with E-state index in [0.29, 0.717) is 26.3 Å². The number of aromatic nitrogens is 2. The minimum absolute atomic E-state index is 0.127. The number of carbonyl (C=O) groups is 1. The molecule has 0 aliphatic rings. The van der Waals surface area contributed by atoms with Gasteiger partial charge in [0.15, 0.2) is 5.78 Å². The second-order valence-corrected chi connectivity index (χ2v) is 5.35. The van der Waals surface area contributed by atoms with Gasteiger partial charge in [-0.2, -0.15) is 5.10 Å². The Morgan fingerprint density at radius 3 is 2.32 bits per heavy atom. The van der Waals surface area contributed by atoms with Gasteiger partial charge < -0.3 is 0 Å². The van der Waals surface area contributed by atoms with E-state index < -0.39 is 0 Å². The predicted octanol–water partition coefficient (Wildman–Crippen LogP) is 4.11. The lowest BCUT2D eigenvalue weighted by molar-refractivity contribution is 0.0993. The van der Waals surface area contributed by atoms with Crippen LogP contribution in [0, 0.1) is 6.92 Å². The van der Waals surface area contributed by atoms with Gasteiger partial charge in [0.05, 0.1) is 21.3 Å². The van der Waals surface area contributed by atoms with Crippen LogP contribution in [-0.2, 0) is 13.5 Å². The fraction of sp³-hybridized carbons (Fsp3) is 0.231. The smallest absolute Gasteiger partial charge is 0.170 e. The lowest BCUT2D eigenvalue weighted by atomic mass is 10.0. The number of hydrogen-bond acceptors (Lipinski definition) is 2. The lowest BCUT2D eigenvalue weighted by Gasteiger charge is -2.06. The standard InChI is InChI=1S/C13H11Cl3N2O/c1-7-8(13(16)18(2)17-7)6-11(19)12-9(14)4-3-5-10(12)15/h3-5H,6H2,1-2H3. The van der Waals surface area contributed by atoms with Crippen molar-refractivity contribution < 1.29 is 4.79 Å². The first-order valence-electron chi connectivity index (χ1n) is 5.57. The molecule has 2 rings (SSSR count). The molecule has 19 heavy (non-hydrogen) atoms. The minimum Gasteiger partial charge on any atom is -0.294 e. The summed E-state index contributed by atoms with van der Waals surface area (Å²) in [5, 5.41) is 5.31. The molecule has 2 aromatic rings. The van der Waals surface area contributed by atoms with Crippen molar-refractivity contribution in [1.29, 1.82) is 0 Å². The number of halogens is 3. The molecule has 3 nitrogen and oxygen atoms in total. The van der Waals surface area contributed by atoms with Crippen molar-refractivity contribution in [2.75, 3.05) is 0 Å². The summed E-state index contributed by atoms with van der Waals surface area (Å²) in [6, 6.07) is 4.97. The molecule has 0 spiro atoms. The maximum Gasteiger partial charge on any atom is 0.170 e. The monoisotopic (exact) mass is 316 g/mol. The number of carbonyl (C=O) groups excluding carboxylic acids is 1. The zero-order valence-corrected chi connectivity index (χ0v) is 12.6. The first-order valence-corrected chi connectivity index (χ1v) is 6.70. The van der Waals surface area contributed by atoms with Gasteiger partial charge in [-0.15, -0.1) is 0 Å². The summed E-state index contributed by atoms with van der Waals surface area (Å²) in [6.07, 6.45) is 0.127. The lowest BCUT2D eigenvalue weighted by Crippen LogP contribution is -2.06. The van der Waals surface area contributed by atoms with Gasteiger partial charge in [-0.25, -0.2) is 0 Å². The fourth-order valence-corrected chi connectivity index (χ4v) is 2.74. The molecular formula is C13H11Cl3N2O. The highest BCUT2D eigenvalue weighted by Crippen LogP contribution is 2.27. The number of Topliss-reactive ketones (excluding diaryl/α,β-unsaturated/α-hetero) is 1. The molecule has 6 heteroatoms. The molecule has 0 saturated heterocycles. The van der Waals surface area contributed by atoms with Crippen molar-refractivity contribution >= 4 is 40.6 Å². The van der Waals surface area contributed by atoms with E-state index in [-0.39, 0.29) is 12.2 Å². The zero-order valence-electron chi connectivity index (χ0n) is 10.4. The average molecular weight is 318 g/mol. The second kappa shape index (κ2) is 5.53. The van der Waals surface area contributed by atoms with Crippen LogP contribution in [0.5, 0.6) is 0 Å². The van der Waals surface area contributed by atoms with Gasteiger partial charge in [0, 0.05) is 19.0 Å². The molecule has 1 heterocycles. The summed E-state index contributed by atoms with van der Waals surface area (Å²) >= 11 is 18.1. The minimum atomic E-state index is -0.173. The first-order chi connectivity index (χ1) is 8.91. The molecule has 0 atom stereocenters. The Hall–Kier alpha value is -1.03. The summed E-state index contributed by atoms with van der Waals surface area (Å²) in [6.45, 7) is 1.81. The van der Waals surface area contributed by atoms with Gasteiger partial charge in [-0.1, -0.05) is 40.9 Å². The van der Waals surface area contributed by atoms with Crippen molar-refractivity contribution in [3.63, 3.8) is 0 Å². The summed E-state index contributed by atoms with van der Waals surface area (Å²) in [5.74, 6) is -0.173. The Morgan fingerprint density at radius 1 is 1.26 bits per heavy atom. The molecule has 100 valence electrons. The van der Waals surface area contributed by atoms with Crippen molar-refractivity contribution in [2.24, 2.45) is 7.05 Å². The van der Waals surface area contributed by atoms with Crippen LogP contribution >= 0.6 is 34.8 Å². The van der Waals surface area contributed by atoms with E-state index in [4.69, 9.17) is 34.8 Å². The van der Waals surface area contributed by atoms with Gasteiger partial charge >= 0.3 is 0 Å². The largest absolute Gasteiger partial charge is 0.294 e. The predicted molar refractivity (Wildman–Crippen MR) is 77.5 cm³/mol. The number of ketones is 1. The molecule has 0 aliphatic carbocycles. The quantitative estimate of drug-likeness (QED) is 0.798. The van der Waals surface area contributed by atoms with Crippen molar-refractivity contribution in [1.82, 2.24) is 9.78 Å². The Labute approximate surface area is 126 Å². The van der Waals surface area contributed by atoms with Crippen molar-refractivity contribution in [2.45, 2.75) is 13.3 Å². The van der Waals surface area contributed by atoms with Crippen LogP contribution in [0.25, 0.3) is 0 Å². The zero-order chi connectivity index (χ0) is 14.2. The molecule has 0 fully saturated rings. The number of aryl methyl sites for hydroxylation is 2. The Kier molecular flexibility index (Phi) is 4.19.